The van der Waals surface area contributed by atoms with Gasteiger partial charge in [0.1, 0.15) is 5.75 Å². The van der Waals surface area contributed by atoms with E-state index in [1.54, 1.807) is 6.07 Å². The van der Waals surface area contributed by atoms with Crippen LogP contribution in [-0.4, -0.2) is 5.11 Å². The maximum absolute atomic E-state index is 9.71. The lowest BCUT2D eigenvalue weighted by atomic mass is 9.92. The van der Waals surface area contributed by atoms with Crippen LogP contribution in [0.4, 0.5) is 0 Å². The van der Waals surface area contributed by atoms with Gasteiger partial charge in [0.15, 0.2) is 0 Å². The van der Waals surface area contributed by atoms with Crippen molar-refractivity contribution < 1.29 is 5.11 Å². The van der Waals surface area contributed by atoms with Gasteiger partial charge in [-0.05, 0) is 24.0 Å². The molecule has 1 heteroatoms. The molecule has 0 bridgehead atoms. The van der Waals surface area contributed by atoms with Crippen molar-refractivity contribution in [3.05, 3.63) is 29.8 Å². The van der Waals surface area contributed by atoms with E-state index in [1.807, 2.05) is 12.1 Å². The second kappa shape index (κ2) is 5.20. The predicted octanol–water partition coefficient (Wildman–Crippen LogP) is 3.91. The summed E-state index contributed by atoms with van der Waals surface area (Å²) in [6, 6.07) is 7.77. The molecule has 2 rings (SSSR count). The second-order valence-corrected chi connectivity index (χ2v) is 4.69. The number of benzene rings is 1. The standard InChI is InChI=1S/C14H20O/c15-14-10-6-5-9-13(14)11-12-7-3-1-2-4-8-12/h5-6,9-10,12,15H,1-4,7-8,11H2. The first-order valence-electron chi connectivity index (χ1n) is 6.13. The van der Waals surface area contributed by atoms with Gasteiger partial charge in [0.05, 0.1) is 0 Å². The van der Waals surface area contributed by atoms with E-state index in [9.17, 15) is 5.11 Å². The highest BCUT2D eigenvalue weighted by atomic mass is 16.3. The maximum Gasteiger partial charge on any atom is 0.118 e. The highest BCUT2D eigenvalue weighted by Crippen LogP contribution is 2.28. The first-order chi connectivity index (χ1) is 7.36. The molecule has 0 amide bonds. The number of hydrogen-bond donors (Lipinski definition) is 1. The summed E-state index contributed by atoms with van der Waals surface area (Å²) in [5, 5.41) is 9.71. The Morgan fingerprint density at radius 2 is 1.67 bits per heavy atom. The van der Waals surface area contributed by atoms with Gasteiger partial charge in [-0.2, -0.15) is 0 Å². The summed E-state index contributed by atoms with van der Waals surface area (Å²) < 4.78 is 0. The summed E-state index contributed by atoms with van der Waals surface area (Å²) >= 11 is 0. The van der Waals surface area contributed by atoms with E-state index in [1.165, 1.54) is 38.5 Å². The van der Waals surface area contributed by atoms with Crippen molar-refractivity contribution in [2.24, 2.45) is 5.92 Å². The van der Waals surface area contributed by atoms with Crippen molar-refractivity contribution in [3.8, 4) is 5.75 Å². The molecule has 1 aromatic rings. The summed E-state index contributed by atoms with van der Waals surface area (Å²) in [4.78, 5) is 0. The van der Waals surface area contributed by atoms with E-state index in [0.717, 1.165) is 17.9 Å². The largest absolute Gasteiger partial charge is 0.508 e. The van der Waals surface area contributed by atoms with Gasteiger partial charge in [0.2, 0.25) is 0 Å². The Balaban J connectivity index is 1.98. The highest BCUT2D eigenvalue weighted by molar-refractivity contribution is 5.32. The van der Waals surface area contributed by atoms with Crippen LogP contribution in [0.2, 0.25) is 0 Å². The fourth-order valence-electron chi connectivity index (χ4n) is 2.56. The van der Waals surface area contributed by atoms with Gasteiger partial charge in [-0.3, -0.25) is 0 Å². The van der Waals surface area contributed by atoms with Crippen molar-refractivity contribution in [2.45, 2.75) is 44.9 Å². The highest BCUT2D eigenvalue weighted by Gasteiger charge is 2.14. The number of para-hydroxylation sites is 1. The smallest absolute Gasteiger partial charge is 0.118 e. The zero-order chi connectivity index (χ0) is 10.5. The molecule has 1 aromatic carbocycles. The zero-order valence-electron chi connectivity index (χ0n) is 9.28. The van der Waals surface area contributed by atoms with Crippen LogP contribution >= 0.6 is 0 Å². The second-order valence-electron chi connectivity index (χ2n) is 4.69. The van der Waals surface area contributed by atoms with Crippen LogP contribution < -0.4 is 0 Å². The molecule has 0 spiro atoms. The lowest BCUT2D eigenvalue weighted by Gasteiger charge is -2.14. The van der Waals surface area contributed by atoms with Crippen LogP contribution in [0.15, 0.2) is 24.3 Å². The topological polar surface area (TPSA) is 20.2 Å². The molecule has 1 fully saturated rings. The molecule has 1 N–H and O–H groups in total. The summed E-state index contributed by atoms with van der Waals surface area (Å²) in [5.74, 6) is 1.27. The number of rotatable bonds is 2. The molecule has 0 unspecified atom stereocenters. The molecular weight excluding hydrogens is 184 g/mol. The van der Waals surface area contributed by atoms with E-state index in [0.29, 0.717) is 5.75 Å². The quantitative estimate of drug-likeness (QED) is 0.724. The van der Waals surface area contributed by atoms with Gasteiger partial charge < -0.3 is 5.11 Å². The number of phenolic OH excluding ortho intramolecular Hbond substituents is 1. The Morgan fingerprint density at radius 3 is 2.33 bits per heavy atom. The molecule has 1 nitrogen and oxygen atoms in total. The average Bonchev–Trinajstić information content (AvgIpc) is 2.50. The van der Waals surface area contributed by atoms with E-state index in [2.05, 4.69) is 6.07 Å². The monoisotopic (exact) mass is 204 g/mol. The minimum Gasteiger partial charge on any atom is -0.508 e. The molecule has 0 saturated heterocycles. The molecule has 1 aliphatic carbocycles. The molecule has 0 aliphatic heterocycles. The van der Waals surface area contributed by atoms with Gasteiger partial charge in [-0.15, -0.1) is 0 Å². The normalized spacial score (nSPS) is 18.7. The summed E-state index contributed by atoms with van der Waals surface area (Å²) in [5.41, 5.74) is 1.13. The zero-order valence-corrected chi connectivity index (χ0v) is 9.28. The molecule has 0 aromatic heterocycles. The van der Waals surface area contributed by atoms with E-state index < -0.39 is 0 Å². The molecule has 0 heterocycles. The Labute approximate surface area is 92.1 Å². The molecule has 15 heavy (non-hydrogen) atoms. The van der Waals surface area contributed by atoms with Gasteiger partial charge in [0, 0.05) is 0 Å². The Morgan fingerprint density at radius 1 is 1.00 bits per heavy atom. The summed E-state index contributed by atoms with van der Waals surface area (Å²) in [6.07, 6.45) is 9.29. The molecule has 1 saturated carbocycles. The third-order valence-electron chi connectivity index (χ3n) is 3.47. The van der Waals surface area contributed by atoms with Gasteiger partial charge in [-0.25, -0.2) is 0 Å². The van der Waals surface area contributed by atoms with Gasteiger partial charge in [0.25, 0.3) is 0 Å². The van der Waals surface area contributed by atoms with Crippen molar-refractivity contribution >= 4 is 0 Å². The molecule has 1 aliphatic rings. The molecular formula is C14H20O. The van der Waals surface area contributed by atoms with Crippen LogP contribution in [-0.2, 0) is 6.42 Å². The molecule has 0 radical (unpaired) electrons. The van der Waals surface area contributed by atoms with Crippen LogP contribution in [0.25, 0.3) is 0 Å². The average molecular weight is 204 g/mol. The minimum absolute atomic E-state index is 0.474. The number of phenols is 1. The van der Waals surface area contributed by atoms with Crippen LogP contribution in [0.3, 0.4) is 0 Å². The number of hydrogen-bond acceptors (Lipinski definition) is 1. The number of aromatic hydroxyl groups is 1. The lowest BCUT2D eigenvalue weighted by molar-refractivity contribution is 0.431. The third-order valence-corrected chi connectivity index (χ3v) is 3.47. The molecule has 0 atom stereocenters. The maximum atomic E-state index is 9.71. The predicted molar refractivity (Wildman–Crippen MR) is 63.0 cm³/mol. The minimum atomic E-state index is 0.474. The van der Waals surface area contributed by atoms with Crippen molar-refractivity contribution in [3.63, 3.8) is 0 Å². The Kier molecular flexibility index (Phi) is 3.65. The van der Waals surface area contributed by atoms with E-state index in [4.69, 9.17) is 0 Å². The SMILES string of the molecule is Oc1ccccc1CC1CCCCCC1. The van der Waals surface area contributed by atoms with Crippen LogP contribution in [0.1, 0.15) is 44.1 Å². The first kappa shape index (κ1) is 10.5. The van der Waals surface area contributed by atoms with Gasteiger partial charge >= 0.3 is 0 Å². The van der Waals surface area contributed by atoms with Crippen molar-refractivity contribution in [1.82, 2.24) is 0 Å². The Hall–Kier alpha value is -0.980. The molecule has 82 valence electrons. The first-order valence-corrected chi connectivity index (χ1v) is 6.13. The summed E-state index contributed by atoms with van der Waals surface area (Å²) in [6.45, 7) is 0. The van der Waals surface area contributed by atoms with Crippen LogP contribution in [0, 0.1) is 5.92 Å². The van der Waals surface area contributed by atoms with Crippen molar-refractivity contribution in [2.75, 3.05) is 0 Å². The summed E-state index contributed by atoms with van der Waals surface area (Å²) in [7, 11) is 0. The fraction of sp³-hybridized carbons (Fsp3) is 0.571. The van der Waals surface area contributed by atoms with Gasteiger partial charge in [-0.1, -0.05) is 56.7 Å². The van der Waals surface area contributed by atoms with E-state index >= 15 is 0 Å². The lowest BCUT2D eigenvalue weighted by Crippen LogP contribution is -2.03. The van der Waals surface area contributed by atoms with Crippen molar-refractivity contribution in [1.29, 1.82) is 0 Å². The third kappa shape index (κ3) is 2.98. The fourth-order valence-corrected chi connectivity index (χ4v) is 2.56. The van der Waals surface area contributed by atoms with E-state index in [-0.39, 0.29) is 0 Å². The van der Waals surface area contributed by atoms with Crippen LogP contribution in [0.5, 0.6) is 5.75 Å². The Bertz CT molecular complexity index is 298.